The summed E-state index contributed by atoms with van der Waals surface area (Å²) in [6.45, 7) is 0.205. The average molecular weight is 342 g/mol. The number of methoxy groups -OCH3 is 1. The molecule has 1 saturated heterocycles. The lowest BCUT2D eigenvalue weighted by Crippen LogP contribution is -2.43. The van der Waals surface area contributed by atoms with Crippen LogP contribution in [-0.2, 0) is 39.4 Å². The number of hydrogen-bond acceptors (Lipinski definition) is 5. The minimum absolute atomic E-state index is 0.205. The van der Waals surface area contributed by atoms with Crippen LogP contribution in [0.4, 0.5) is 5.82 Å². The van der Waals surface area contributed by atoms with Gasteiger partial charge in [0.1, 0.15) is 11.9 Å². The van der Waals surface area contributed by atoms with Crippen LogP contribution in [0.2, 0.25) is 0 Å². The molecule has 128 valence electrons. The maximum Gasteiger partial charge on any atom is 0.244 e. The zero-order chi connectivity index (χ0) is 16.8. The molecule has 1 amide bonds. The third-order valence-electron chi connectivity index (χ3n) is 4.59. The Morgan fingerprint density at radius 1 is 1.39 bits per heavy atom. The topological polar surface area (TPSA) is 93.5 Å². The Balaban J connectivity index is 1.82. The van der Waals surface area contributed by atoms with Gasteiger partial charge >= 0.3 is 0 Å². The second-order valence-electron chi connectivity index (χ2n) is 6.18. The van der Waals surface area contributed by atoms with Crippen LogP contribution in [0.1, 0.15) is 24.1 Å². The van der Waals surface area contributed by atoms with Crippen molar-refractivity contribution in [2.75, 3.05) is 25.2 Å². The van der Waals surface area contributed by atoms with Gasteiger partial charge in [-0.15, -0.1) is 0 Å². The summed E-state index contributed by atoms with van der Waals surface area (Å²) in [6, 6.07) is -0.748. The van der Waals surface area contributed by atoms with E-state index in [2.05, 4.69) is 10.4 Å². The number of carbonyl (C=O) groups excluding carboxylic acids is 1. The summed E-state index contributed by atoms with van der Waals surface area (Å²) in [6.07, 6.45) is 4.05. The Morgan fingerprint density at radius 3 is 2.78 bits per heavy atom. The largest absolute Gasteiger partial charge is 0.380 e. The summed E-state index contributed by atoms with van der Waals surface area (Å²) in [5, 5.41) is 7.29. The maximum atomic E-state index is 12.7. The number of amides is 1. The molecule has 1 N–H and O–H groups in total. The molecule has 0 bridgehead atoms. The molecule has 1 aliphatic carbocycles. The Kier molecular flexibility index (Phi) is 4.19. The molecule has 0 radical (unpaired) electrons. The second-order valence-corrected chi connectivity index (χ2v) is 8.12. The van der Waals surface area contributed by atoms with E-state index < -0.39 is 16.1 Å². The van der Waals surface area contributed by atoms with Gasteiger partial charge in [0.2, 0.25) is 15.9 Å². The highest BCUT2D eigenvalue weighted by Crippen LogP contribution is 2.29. The van der Waals surface area contributed by atoms with E-state index in [1.165, 1.54) is 11.4 Å². The predicted octanol–water partition coefficient (Wildman–Crippen LogP) is -0.104. The lowest BCUT2D eigenvalue weighted by Gasteiger charge is -2.21. The van der Waals surface area contributed by atoms with Crippen LogP contribution in [0, 0.1) is 0 Å². The summed E-state index contributed by atoms with van der Waals surface area (Å²) < 4.78 is 32.0. The maximum absolute atomic E-state index is 12.7. The van der Waals surface area contributed by atoms with Gasteiger partial charge in [0, 0.05) is 32.7 Å². The van der Waals surface area contributed by atoms with Crippen LogP contribution < -0.4 is 5.32 Å². The Hall–Kier alpha value is -1.45. The van der Waals surface area contributed by atoms with Crippen molar-refractivity contribution in [1.29, 1.82) is 0 Å². The third kappa shape index (κ3) is 3.00. The molecule has 1 fully saturated rings. The average Bonchev–Trinajstić information content (AvgIpc) is 3.14. The van der Waals surface area contributed by atoms with E-state index >= 15 is 0 Å². The molecular formula is C14H22N4O4S. The molecule has 0 saturated carbocycles. The van der Waals surface area contributed by atoms with E-state index in [0.717, 1.165) is 36.8 Å². The monoisotopic (exact) mass is 342 g/mol. The molecule has 3 rings (SSSR count). The number of nitrogens with one attached hydrogen (secondary N) is 1. The number of nitrogens with zero attached hydrogens (tertiary/aromatic N) is 3. The van der Waals surface area contributed by atoms with Gasteiger partial charge in [0.25, 0.3) is 0 Å². The van der Waals surface area contributed by atoms with Crippen molar-refractivity contribution < 1.29 is 17.9 Å². The number of aryl methyl sites for hydroxylation is 2. The minimum atomic E-state index is -3.47. The van der Waals surface area contributed by atoms with Crippen LogP contribution in [0.3, 0.4) is 0 Å². The molecule has 2 atom stereocenters. The number of fused-ring (bicyclic) bond motifs is 1. The Bertz CT molecular complexity index is 727. The summed E-state index contributed by atoms with van der Waals surface area (Å²) in [7, 11) is -0.156. The number of carbonyl (C=O) groups is 1. The molecule has 9 heteroatoms. The molecule has 0 aromatic carbocycles. The first-order valence-electron chi connectivity index (χ1n) is 7.66. The van der Waals surface area contributed by atoms with Gasteiger partial charge < -0.3 is 10.1 Å². The van der Waals surface area contributed by atoms with Gasteiger partial charge in [-0.25, -0.2) is 8.42 Å². The zero-order valence-corrected chi connectivity index (χ0v) is 14.4. The van der Waals surface area contributed by atoms with Crippen molar-refractivity contribution in [2.24, 2.45) is 7.05 Å². The van der Waals surface area contributed by atoms with E-state index in [1.807, 2.05) is 0 Å². The Labute approximate surface area is 135 Å². The predicted molar refractivity (Wildman–Crippen MR) is 84.6 cm³/mol. The zero-order valence-electron chi connectivity index (χ0n) is 13.6. The number of hydrogen-bond donors (Lipinski definition) is 1. The van der Waals surface area contributed by atoms with E-state index in [-0.39, 0.29) is 18.6 Å². The van der Waals surface area contributed by atoms with Crippen molar-refractivity contribution >= 4 is 21.7 Å². The SMILES string of the molecule is CO[C@H]1C[C@H](C(=O)Nc2c3c(nn2C)CCC3)N(S(C)(=O)=O)C1. The first kappa shape index (κ1) is 16.4. The minimum Gasteiger partial charge on any atom is -0.380 e. The fourth-order valence-electron chi connectivity index (χ4n) is 3.42. The van der Waals surface area contributed by atoms with E-state index in [4.69, 9.17) is 4.74 Å². The molecule has 1 aromatic rings. The molecule has 23 heavy (non-hydrogen) atoms. The molecule has 8 nitrogen and oxygen atoms in total. The summed E-state index contributed by atoms with van der Waals surface area (Å²) in [4.78, 5) is 12.7. The lowest BCUT2D eigenvalue weighted by molar-refractivity contribution is -0.119. The molecule has 0 spiro atoms. The molecular weight excluding hydrogens is 320 g/mol. The van der Waals surface area contributed by atoms with E-state index in [0.29, 0.717) is 12.2 Å². The molecule has 2 aliphatic rings. The molecule has 1 aromatic heterocycles. The van der Waals surface area contributed by atoms with Crippen molar-refractivity contribution in [1.82, 2.24) is 14.1 Å². The molecule has 2 heterocycles. The van der Waals surface area contributed by atoms with Gasteiger partial charge in [0.05, 0.1) is 18.1 Å². The van der Waals surface area contributed by atoms with Crippen molar-refractivity contribution in [3.05, 3.63) is 11.3 Å². The second kappa shape index (κ2) is 5.88. The highest BCUT2D eigenvalue weighted by atomic mass is 32.2. The van der Waals surface area contributed by atoms with Crippen LogP contribution >= 0.6 is 0 Å². The quantitative estimate of drug-likeness (QED) is 0.824. The van der Waals surface area contributed by atoms with Crippen molar-refractivity contribution in [3.8, 4) is 0 Å². The fourth-order valence-corrected chi connectivity index (χ4v) is 4.50. The summed E-state index contributed by atoms with van der Waals surface area (Å²) >= 11 is 0. The highest BCUT2D eigenvalue weighted by Gasteiger charge is 2.42. The van der Waals surface area contributed by atoms with Gasteiger partial charge in [-0.05, 0) is 19.3 Å². The summed E-state index contributed by atoms with van der Waals surface area (Å²) in [5.41, 5.74) is 2.08. The van der Waals surface area contributed by atoms with Gasteiger partial charge in [-0.3, -0.25) is 9.48 Å². The van der Waals surface area contributed by atoms with Crippen molar-refractivity contribution in [3.63, 3.8) is 0 Å². The number of ether oxygens (including phenoxy) is 1. The lowest BCUT2D eigenvalue weighted by atomic mass is 10.2. The van der Waals surface area contributed by atoms with Crippen LogP contribution in [0.25, 0.3) is 0 Å². The first-order valence-corrected chi connectivity index (χ1v) is 9.51. The van der Waals surface area contributed by atoms with E-state index in [9.17, 15) is 13.2 Å². The number of rotatable bonds is 4. The van der Waals surface area contributed by atoms with Gasteiger partial charge in [-0.1, -0.05) is 0 Å². The van der Waals surface area contributed by atoms with Crippen LogP contribution in [0.5, 0.6) is 0 Å². The van der Waals surface area contributed by atoms with Gasteiger partial charge in [0.15, 0.2) is 0 Å². The number of anilines is 1. The standard InChI is InChI=1S/C14H22N4O4S/c1-17-13(10-5-4-6-11(10)16-17)15-14(19)12-7-9(22-2)8-18(12)23(3,20)21/h9,12H,4-8H2,1-3H3,(H,15,19)/t9-,12+/m0/s1. The highest BCUT2D eigenvalue weighted by molar-refractivity contribution is 7.88. The third-order valence-corrected chi connectivity index (χ3v) is 5.85. The van der Waals surface area contributed by atoms with Crippen LogP contribution in [0.15, 0.2) is 0 Å². The van der Waals surface area contributed by atoms with Gasteiger partial charge in [-0.2, -0.15) is 9.40 Å². The fraction of sp³-hybridized carbons (Fsp3) is 0.714. The number of sulfonamides is 1. The smallest absolute Gasteiger partial charge is 0.244 e. The summed E-state index contributed by atoms with van der Waals surface area (Å²) in [5.74, 6) is 0.351. The molecule has 0 unspecified atom stereocenters. The van der Waals surface area contributed by atoms with E-state index in [1.54, 1.807) is 11.7 Å². The number of aromatic nitrogens is 2. The molecule has 1 aliphatic heterocycles. The Morgan fingerprint density at radius 2 is 2.13 bits per heavy atom. The van der Waals surface area contributed by atoms with Crippen LogP contribution in [-0.4, -0.2) is 60.5 Å². The normalized spacial score (nSPS) is 24.8. The van der Waals surface area contributed by atoms with Crippen molar-refractivity contribution in [2.45, 2.75) is 37.8 Å². The first-order chi connectivity index (χ1) is 10.8.